The van der Waals surface area contributed by atoms with Crippen LogP contribution >= 0.6 is 11.6 Å². The van der Waals surface area contributed by atoms with Crippen LogP contribution in [0, 0.1) is 0 Å². The lowest BCUT2D eigenvalue weighted by Gasteiger charge is -2.36. The van der Waals surface area contributed by atoms with Crippen LogP contribution in [0.3, 0.4) is 0 Å². The topological polar surface area (TPSA) is 42.0 Å². The molecule has 0 bridgehead atoms. The molecule has 5 nitrogen and oxygen atoms in total. The maximum absolute atomic E-state index is 12.9. The van der Waals surface area contributed by atoms with Gasteiger partial charge in [0, 0.05) is 24.7 Å². The average Bonchev–Trinajstić information content (AvgIpc) is 3.21. The summed E-state index contributed by atoms with van der Waals surface area (Å²) in [5.41, 5.74) is 0.565. The second-order valence-electron chi connectivity index (χ2n) is 7.10. The molecule has 0 radical (unpaired) electrons. The molecule has 2 aliphatic heterocycles. The molecule has 0 atom stereocenters. The van der Waals surface area contributed by atoms with Crippen LogP contribution in [0.5, 0.6) is 11.5 Å². The summed E-state index contributed by atoms with van der Waals surface area (Å²) in [6.07, 6.45) is 5.60. The zero-order valence-corrected chi connectivity index (χ0v) is 16.6. The van der Waals surface area contributed by atoms with Gasteiger partial charge in [-0.3, -0.25) is 4.79 Å². The molecule has 3 rings (SSSR count). The first-order chi connectivity index (χ1) is 12.6. The number of methoxy groups -OCH3 is 1. The monoisotopic (exact) mass is 380 g/mol. The van der Waals surface area contributed by atoms with Crippen LogP contribution in [0.2, 0.25) is 5.02 Å². The predicted molar refractivity (Wildman–Crippen MR) is 104 cm³/mol. The fourth-order valence-electron chi connectivity index (χ4n) is 3.91. The van der Waals surface area contributed by atoms with Crippen molar-refractivity contribution in [2.75, 3.05) is 39.9 Å². The van der Waals surface area contributed by atoms with Crippen molar-refractivity contribution in [1.29, 1.82) is 0 Å². The summed E-state index contributed by atoms with van der Waals surface area (Å²) in [4.78, 5) is 17.5. The van der Waals surface area contributed by atoms with E-state index in [0.29, 0.717) is 34.7 Å². The number of nitrogens with zero attached hydrogens (tertiary/aromatic N) is 2. The minimum atomic E-state index is 0.0205. The van der Waals surface area contributed by atoms with Crippen molar-refractivity contribution in [2.45, 2.75) is 45.1 Å². The molecule has 2 saturated heterocycles. The SMILES string of the molecule is CCCOc1c(Cl)cc(C(=O)N2CCC(N3CCCC3)CC2)cc1OC. The number of hydrogen-bond donors (Lipinski definition) is 0. The summed E-state index contributed by atoms with van der Waals surface area (Å²) in [5.74, 6) is 1.05. The molecule has 0 aliphatic carbocycles. The molecule has 0 aromatic heterocycles. The molecular formula is C20H29ClN2O3. The molecule has 1 aromatic rings. The normalized spacial score (nSPS) is 19.0. The average molecular weight is 381 g/mol. The maximum atomic E-state index is 12.9. The van der Waals surface area contributed by atoms with Crippen molar-refractivity contribution >= 4 is 17.5 Å². The van der Waals surface area contributed by atoms with Crippen LogP contribution in [0.15, 0.2) is 12.1 Å². The Morgan fingerprint density at radius 3 is 2.50 bits per heavy atom. The van der Waals surface area contributed by atoms with Crippen LogP contribution in [0.25, 0.3) is 0 Å². The van der Waals surface area contributed by atoms with Gasteiger partial charge in [0.2, 0.25) is 0 Å². The number of hydrogen-bond acceptors (Lipinski definition) is 4. The minimum Gasteiger partial charge on any atom is -0.493 e. The van der Waals surface area contributed by atoms with E-state index in [1.807, 2.05) is 11.8 Å². The van der Waals surface area contributed by atoms with Gasteiger partial charge in [-0.05, 0) is 57.3 Å². The quantitative estimate of drug-likeness (QED) is 0.752. The van der Waals surface area contributed by atoms with Gasteiger partial charge in [0.25, 0.3) is 5.91 Å². The van der Waals surface area contributed by atoms with Crippen molar-refractivity contribution in [2.24, 2.45) is 0 Å². The van der Waals surface area contributed by atoms with Crippen LogP contribution < -0.4 is 9.47 Å². The Kier molecular flexibility index (Phi) is 6.65. The third kappa shape index (κ3) is 4.26. The van der Waals surface area contributed by atoms with Gasteiger partial charge < -0.3 is 19.3 Å². The number of rotatable bonds is 6. The summed E-state index contributed by atoms with van der Waals surface area (Å²) in [7, 11) is 1.57. The van der Waals surface area contributed by atoms with Crippen molar-refractivity contribution in [1.82, 2.24) is 9.80 Å². The van der Waals surface area contributed by atoms with E-state index in [-0.39, 0.29) is 5.91 Å². The lowest BCUT2D eigenvalue weighted by molar-refractivity contribution is 0.0644. The van der Waals surface area contributed by atoms with Gasteiger partial charge in [-0.2, -0.15) is 0 Å². The third-order valence-electron chi connectivity index (χ3n) is 5.34. The fourth-order valence-corrected chi connectivity index (χ4v) is 4.18. The van der Waals surface area contributed by atoms with Crippen molar-refractivity contribution in [3.63, 3.8) is 0 Å². The highest BCUT2D eigenvalue weighted by molar-refractivity contribution is 6.32. The Morgan fingerprint density at radius 2 is 1.88 bits per heavy atom. The van der Waals surface area contributed by atoms with E-state index >= 15 is 0 Å². The van der Waals surface area contributed by atoms with Crippen molar-refractivity contribution in [3.05, 3.63) is 22.7 Å². The van der Waals surface area contributed by atoms with E-state index in [1.54, 1.807) is 19.2 Å². The first-order valence-electron chi connectivity index (χ1n) is 9.67. The molecule has 0 N–H and O–H groups in total. The molecule has 0 unspecified atom stereocenters. The number of halogens is 1. The second kappa shape index (κ2) is 8.96. The molecule has 0 saturated carbocycles. The van der Waals surface area contributed by atoms with E-state index in [0.717, 1.165) is 32.4 Å². The molecular weight excluding hydrogens is 352 g/mol. The van der Waals surface area contributed by atoms with Gasteiger partial charge >= 0.3 is 0 Å². The van der Waals surface area contributed by atoms with E-state index in [9.17, 15) is 4.79 Å². The number of carbonyl (C=O) groups excluding carboxylic acids is 1. The molecule has 2 heterocycles. The Labute approximate surface area is 161 Å². The standard InChI is InChI=1S/C20H29ClN2O3/c1-3-12-26-19-17(21)13-15(14-18(19)25-2)20(24)23-10-6-16(7-11-23)22-8-4-5-9-22/h13-14,16H,3-12H2,1-2H3. The highest BCUT2D eigenvalue weighted by atomic mass is 35.5. The molecule has 1 amide bonds. The number of likely N-dealkylation sites (tertiary alicyclic amines) is 2. The fraction of sp³-hybridized carbons (Fsp3) is 0.650. The van der Waals surface area contributed by atoms with E-state index in [2.05, 4.69) is 4.90 Å². The molecule has 0 spiro atoms. The van der Waals surface area contributed by atoms with Crippen LogP contribution in [0.1, 0.15) is 49.4 Å². The largest absolute Gasteiger partial charge is 0.493 e. The highest BCUT2D eigenvalue weighted by Crippen LogP contribution is 2.37. The summed E-state index contributed by atoms with van der Waals surface area (Å²) in [6.45, 7) is 6.62. The molecule has 1 aromatic carbocycles. The molecule has 26 heavy (non-hydrogen) atoms. The Balaban J connectivity index is 1.67. The maximum Gasteiger partial charge on any atom is 0.254 e. The van der Waals surface area contributed by atoms with Gasteiger partial charge in [0.15, 0.2) is 11.5 Å². The van der Waals surface area contributed by atoms with Crippen LogP contribution in [-0.2, 0) is 0 Å². The van der Waals surface area contributed by atoms with Crippen molar-refractivity contribution < 1.29 is 14.3 Å². The van der Waals surface area contributed by atoms with E-state index in [4.69, 9.17) is 21.1 Å². The summed E-state index contributed by atoms with van der Waals surface area (Å²) >= 11 is 6.36. The Hall–Kier alpha value is -1.46. The van der Waals surface area contributed by atoms with Gasteiger partial charge in [-0.15, -0.1) is 0 Å². The molecule has 2 aliphatic rings. The molecule has 144 valence electrons. The second-order valence-corrected chi connectivity index (χ2v) is 7.51. The van der Waals surface area contributed by atoms with Gasteiger partial charge in [-0.25, -0.2) is 0 Å². The van der Waals surface area contributed by atoms with Crippen LogP contribution in [-0.4, -0.2) is 61.6 Å². The number of amides is 1. The minimum absolute atomic E-state index is 0.0205. The smallest absolute Gasteiger partial charge is 0.254 e. The van der Waals surface area contributed by atoms with E-state index < -0.39 is 0 Å². The lowest BCUT2D eigenvalue weighted by atomic mass is 10.0. The summed E-state index contributed by atoms with van der Waals surface area (Å²) in [5, 5.41) is 0.424. The Bertz CT molecular complexity index is 624. The van der Waals surface area contributed by atoms with Gasteiger partial charge in [0.05, 0.1) is 18.7 Å². The molecule has 2 fully saturated rings. The zero-order valence-electron chi connectivity index (χ0n) is 15.8. The lowest BCUT2D eigenvalue weighted by Crippen LogP contribution is -2.45. The van der Waals surface area contributed by atoms with Gasteiger partial charge in [-0.1, -0.05) is 18.5 Å². The highest BCUT2D eigenvalue weighted by Gasteiger charge is 2.29. The summed E-state index contributed by atoms with van der Waals surface area (Å²) in [6, 6.07) is 4.07. The van der Waals surface area contributed by atoms with Crippen molar-refractivity contribution in [3.8, 4) is 11.5 Å². The Morgan fingerprint density at radius 1 is 1.19 bits per heavy atom. The predicted octanol–water partition coefficient (Wildman–Crippen LogP) is 3.84. The van der Waals surface area contributed by atoms with Gasteiger partial charge in [0.1, 0.15) is 0 Å². The first kappa shape index (κ1) is 19.3. The summed E-state index contributed by atoms with van der Waals surface area (Å²) < 4.78 is 11.1. The van der Waals surface area contributed by atoms with Crippen LogP contribution in [0.4, 0.5) is 0 Å². The third-order valence-corrected chi connectivity index (χ3v) is 5.62. The number of carbonyl (C=O) groups is 1. The number of benzene rings is 1. The number of ether oxygens (including phenoxy) is 2. The van der Waals surface area contributed by atoms with E-state index in [1.165, 1.54) is 25.9 Å². The molecule has 6 heteroatoms. The number of piperidine rings is 1. The zero-order chi connectivity index (χ0) is 18.5. The first-order valence-corrected chi connectivity index (χ1v) is 10.1.